The lowest BCUT2D eigenvalue weighted by Gasteiger charge is -2.24. The van der Waals surface area contributed by atoms with Crippen LogP contribution in [0, 0.1) is 11.3 Å². The first-order chi connectivity index (χ1) is 8.27. The van der Waals surface area contributed by atoms with Crippen LogP contribution in [0.4, 0.5) is 5.69 Å². The van der Waals surface area contributed by atoms with Gasteiger partial charge >= 0.3 is 0 Å². The predicted octanol–water partition coefficient (Wildman–Crippen LogP) is 2.18. The van der Waals surface area contributed by atoms with E-state index in [0.29, 0.717) is 6.42 Å². The largest absolute Gasteiger partial charge is 0.366 e. The topological polar surface area (TPSA) is 39.1 Å². The first kappa shape index (κ1) is 13.3. The van der Waals surface area contributed by atoms with Crippen LogP contribution >= 0.6 is 0 Å². The van der Waals surface area contributed by atoms with E-state index in [9.17, 15) is 0 Å². The molecule has 0 bridgehead atoms. The van der Waals surface area contributed by atoms with E-state index in [1.54, 1.807) is 0 Å². The van der Waals surface area contributed by atoms with Crippen LogP contribution in [0.1, 0.15) is 6.42 Å². The molecule has 0 fully saturated rings. The monoisotopic (exact) mass is 229 g/mol. The lowest BCUT2D eigenvalue weighted by molar-refractivity contribution is 0.792. The van der Waals surface area contributed by atoms with Gasteiger partial charge < -0.3 is 10.2 Å². The zero-order chi connectivity index (χ0) is 12.5. The van der Waals surface area contributed by atoms with Crippen molar-refractivity contribution in [2.24, 2.45) is 0 Å². The fourth-order valence-corrected chi connectivity index (χ4v) is 1.70. The van der Waals surface area contributed by atoms with Crippen LogP contribution in [-0.2, 0) is 0 Å². The molecular formula is C14H19N3. The number of nitriles is 1. The Morgan fingerprint density at radius 1 is 1.41 bits per heavy atom. The molecule has 3 heteroatoms. The van der Waals surface area contributed by atoms with E-state index in [0.717, 1.165) is 30.9 Å². The van der Waals surface area contributed by atoms with Gasteiger partial charge in [0.1, 0.15) is 0 Å². The molecular weight excluding hydrogens is 210 g/mol. The van der Waals surface area contributed by atoms with Crippen molar-refractivity contribution < 1.29 is 0 Å². The van der Waals surface area contributed by atoms with E-state index in [1.807, 2.05) is 25.2 Å². The Hall–Kier alpha value is -1.79. The molecule has 3 nitrogen and oxygen atoms in total. The fraction of sp³-hybridized carbons (Fsp3) is 0.357. The molecule has 1 aromatic rings. The summed E-state index contributed by atoms with van der Waals surface area (Å²) in [7, 11) is 1.91. The molecule has 0 atom stereocenters. The van der Waals surface area contributed by atoms with E-state index in [-0.39, 0.29) is 0 Å². The molecule has 0 unspecified atom stereocenters. The van der Waals surface area contributed by atoms with Crippen molar-refractivity contribution in [2.75, 3.05) is 31.6 Å². The van der Waals surface area contributed by atoms with Gasteiger partial charge in [0.25, 0.3) is 0 Å². The van der Waals surface area contributed by atoms with E-state index in [1.165, 1.54) is 0 Å². The summed E-state index contributed by atoms with van der Waals surface area (Å²) in [6.45, 7) is 6.36. The third-order valence-electron chi connectivity index (χ3n) is 2.46. The van der Waals surface area contributed by atoms with Crippen molar-refractivity contribution in [1.82, 2.24) is 5.32 Å². The average Bonchev–Trinajstić information content (AvgIpc) is 2.36. The SMILES string of the molecule is C=C(CNC)CN(CCC#N)c1ccccc1. The van der Waals surface area contributed by atoms with Crippen molar-refractivity contribution in [2.45, 2.75) is 6.42 Å². The van der Waals surface area contributed by atoms with Gasteiger partial charge in [-0.05, 0) is 24.8 Å². The van der Waals surface area contributed by atoms with E-state index < -0.39 is 0 Å². The maximum Gasteiger partial charge on any atom is 0.0640 e. The molecule has 0 aliphatic rings. The van der Waals surface area contributed by atoms with Gasteiger partial charge in [0.2, 0.25) is 0 Å². The van der Waals surface area contributed by atoms with Crippen LogP contribution in [0.2, 0.25) is 0 Å². The summed E-state index contributed by atoms with van der Waals surface area (Å²) < 4.78 is 0. The highest BCUT2D eigenvalue weighted by Crippen LogP contribution is 2.14. The highest BCUT2D eigenvalue weighted by atomic mass is 15.1. The van der Waals surface area contributed by atoms with Crippen LogP contribution in [-0.4, -0.2) is 26.7 Å². The number of nitrogens with zero attached hydrogens (tertiary/aromatic N) is 2. The lowest BCUT2D eigenvalue weighted by atomic mass is 10.2. The lowest BCUT2D eigenvalue weighted by Crippen LogP contribution is -2.29. The maximum absolute atomic E-state index is 8.69. The third kappa shape index (κ3) is 4.71. The van der Waals surface area contributed by atoms with Gasteiger partial charge in [0.05, 0.1) is 12.5 Å². The second kappa shape index (κ2) is 7.48. The third-order valence-corrected chi connectivity index (χ3v) is 2.46. The molecule has 0 aliphatic carbocycles. The molecule has 1 rings (SSSR count). The Labute approximate surface area is 103 Å². The zero-order valence-corrected chi connectivity index (χ0v) is 10.3. The number of benzene rings is 1. The summed E-state index contributed by atoms with van der Waals surface area (Å²) in [5.74, 6) is 0. The van der Waals surface area contributed by atoms with Gasteiger partial charge in [-0.15, -0.1) is 0 Å². The van der Waals surface area contributed by atoms with E-state index >= 15 is 0 Å². The number of hydrogen-bond donors (Lipinski definition) is 1. The molecule has 17 heavy (non-hydrogen) atoms. The zero-order valence-electron chi connectivity index (χ0n) is 10.3. The van der Waals surface area contributed by atoms with E-state index in [4.69, 9.17) is 5.26 Å². The van der Waals surface area contributed by atoms with Gasteiger partial charge in [-0.2, -0.15) is 5.26 Å². The molecule has 0 aliphatic heterocycles. The molecule has 0 saturated heterocycles. The van der Waals surface area contributed by atoms with Crippen LogP contribution < -0.4 is 10.2 Å². The number of rotatable bonds is 7. The Morgan fingerprint density at radius 3 is 2.71 bits per heavy atom. The van der Waals surface area contributed by atoms with Crippen LogP contribution in [0.25, 0.3) is 0 Å². The van der Waals surface area contributed by atoms with Crippen molar-refractivity contribution in [1.29, 1.82) is 5.26 Å². The standard InChI is InChI=1S/C14H19N3/c1-13(11-16-2)12-17(10-6-9-15)14-7-4-3-5-8-14/h3-5,7-8,16H,1,6,10-12H2,2H3. The van der Waals surface area contributed by atoms with Crippen molar-refractivity contribution >= 4 is 5.69 Å². The number of likely N-dealkylation sites (N-methyl/N-ethyl adjacent to an activating group) is 1. The van der Waals surface area contributed by atoms with Gasteiger partial charge in [0.15, 0.2) is 0 Å². The minimum absolute atomic E-state index is 0.529. The Balaban J connectivity index is 2.67. The van der Waals surface area contributed by atoms with Crippen molar-refractivity contribution in [3.8, 4) is 6.07 Å². The second-order valence-electron chi connectivity index (χ2n) is 3.95. The van der Waals surface area contributed by atoms with Crippen LogP contribution in [0.15, 0.2) is 42.5 Å². The van der Waals surface area contributed by atoms with Crippen molar-refractivity contribution in [3.05, 3.63) is 42.5 Å². The van der Waals surface area contributed by atoms with Gasteiger partial charge in [-0.1, -0.05) is 24.8 Å². The van der Waals surface area contributed by atoms with E-state index in [2.05, 4.69) is 35.0 Å². The molecule has 0 spiro atoms. The molecule has 0 heterocycles. The fourth-order valence-electron chi connectivity index (χ4n) is 1.70. The number of hydrogen-bond acceptors (Lipinski definition) is 3. The molecule has 0 saturated carbocycles. The highest BCUT2D eigenvalue weighted by molar-refractivity contribution is 5.47. The molecule has 0 radical (unpaired) electrons. The Kier molecular flexibility index (Phi) is 5.84. The number of para-hydroxylation sites is 1. The summed E-state index contributed by atoms with van der Waals surface area (Å²) in [4.78, 5) is 2.18. The first-order valence-electron chi connectivity index (χ1n) is 5.76. The van der Waals surface area contributed by atoms with Gasteiger partial charge in [-0.3, -0.25) is 0 Å². The quantitative estimate of drug-likeness (QED) is 0.728. The molecule has 90 valence electrons. The summed E-state index contributed by atoms with van der Waals surface area (Å²) in [5.41, 5.74) is 2.26. The number of anilines is 1. The number of nitrogens with one attached hydrogen (secondary N) is 1. The van der Waals surface area contributed by atoms with Crippen molar-refractivity contribution in [3.63, 3.8) is 0 Å². The average molecular weight is 229 g/mol. The molecule has 0 aromatic heterocycles. The molecule has 1 N–H and O–H groups in total. The normalized spacial score (nSPS) is 9.65. The van der Waals surface area contributed by atoms with Crippen LogP contribution in [0.5, 0.6) is 0 Å². The minimum Gasteiger partial charge on any atom is -0.366 e. The van der Waals surface area contributed by atoms with Crippen LogP contribution in [0.3, 0.4) is 0 Å². The highest BCUT2D eigenvalue weighted by Gasteiger charge is 2.06. The predicted molar refractivity (Wildman–Crippen MR) is 72.0 cm³/mol. The summed E-state index contributed by atoms with van der Waals surface area (Å²) >= 11 is 0. The second-order valence-corrected chi connectivity index (χ2v) is 3.95. The van der Waals surface area contributed by atoms with Gasteiger partial charge in [0, 0.05) is 25.3 Å². The first-order valence-corrected chi connectivity index (χ1v) is 5.76. The molecule has 1 aromatic carbocycles. The Morgan fingerprint density at radius 2 is 2.12 bits per heavy atom. The van der Waals surface area contributed by atoms with Gasteiger partial charge in [-0.25, -0.2) is 0 Å². The summed E-state index contributed by atoms with van der Waals surface area (Å²) in [6.07, 6.45) is 0.529. The maximum atomic E-state index is 8.69. The Bertz CT molecular complexity index is 378. The molecule has 0 amide bonds. The minimum atomic E-state index is 0.529. The summed E-state index contributed by atoms with van der Waals surface area (Å²) in [6, 6.07) is 12.3. The smallest absolute Gasteiger partial charge is 0.0640 e. The summed E-state index contributed by atoms with van der Waals surface area (Å²) in [5, 5.41) is 11.8.